The summed E-state index contributed by atoms with van der Waals surface area (Å²) in [5, 5.41) is 3.65. The Morgan fingerprint density at radius 3 is 2.93 bits per heavy atom. The van der Waals surface area contributed by atoms with Crippen molar-refractivity contribution < 1.29 is 9.53 Å². The van der Waals surface area contributed by atoms with Crippen molar-refractivity contribution in [3.05, 3.63) is 58.0 Å². The second-order valence-electron chi connectivity index (χ2n) is 7.17. The molecule has 0 radical (unpaired) electrons. The molecule has 0 bridgehead atoms. The zero-order valence-electron chi connectivity index (χ0n) is 15.7. The monoisotopic (exact) mass is 383 g/mol. The predicted octanol–water partition coefficient (Wildman–Crippen LogP) is 4.36. The number of ether oxygens (including phenoxy) is 1. The summed E-state index contributed by atoms with van der Waals surface area (Å²) in [5.74, 6) is 0.475. The fraction of sp³-hybridized carbons (Fsp3) is 0.333. The van der Waals surface area contributed by atoms with Crippen LogP contribution in [-0.2, 0) is 17.6 Å². The van der Waals surface area contributed by atoms with Crippen LogP contribution in [0.2, 0.25) is 5.02 Å². The third-order valence-corrected chi connectivity index (χ3v) is 5.63. The molecule has 1 aliphatic rings. The molecular formula is C21H22ClN3O2. The largest absolute Gasteiger partial charge is 0.495 e. The Bertz CT molecular complexity index is 1040. The van der Waals surface area contributed by atoms with Crippen molar-refractivity contribution in [3.8, 4) is 5.75 Å². The number of amides is 1. The SMILES string of the molecule is COc1cc(Cl)c(C)cc1NC(=O)C1CCc2nc3ccc(C)cn3c2C1. The van der Waals surface area contributed by atoms with Gasteiger partial charge in [0.2, 0.25) is 5.91 Å². The summed E-state index contributed by atoms with van der Waals surface area (Å²) in [5.41, 5.74) is 5.92. The molecule has 6 heteroatoms. The Morgan fingerprint density at radius 1 is 1.33 bits per heavy atom. The first kappa shape index (κ1) is 17.9. The maximum absolute atomic E-state index is 12.9. The number of aryl methyl sites for hydroxylation is 3. The fourth-order valence-corrected chi connectivity index (χ4v) is 3.85. The highest BCUT2D eigenvalue weighted by Gasteiger charge is 2.28. The Hall–Kier alpha value is -2.53. The Balaban J connectivity index is 1.59. The van der Waals surface area contributed by atoms with E-state index in [1.165, 1.54) is 5.56 Å². The van der Waals surface area contributed by atoms with Gasteiger partial charge in [-0.3, -0.25) is 4.79 Å². The molecule has 0 fully saturated rings. The van der Waals surface area contributed by atoms with E-state index < -0.39 is 0 Å². The topological polar surface area (TPSA) is 55.6 Å². The van der Waals surface area contributed by atoms with Crippen LogP contribution < -0.4 is 10.1 Å². The second kappa shape index (κ2) is 6.89. The van der Waals surface area contributed by atoms with Crippen LogP contribution in [0, 0.1) is 19.8 Å². The molecule has 0 spiro atoms. The molecule has 1 aromatic carbocycles. The smallest absolute Gasteiger partial charge is 0.227 e. The summed E-state index contributed by atoms with van der Waals surface area (Å²) in [6.45, 7) is 3.97. The van der Waals surface area contributed by atoms with Gasteiger partial charge in [0.05, 0.1) is 18.5 Å². The lowest BCUT2D eigenvalue weighted by atomic mass is 9.89. The third-order valence-electron chi connectivity index (χ3n) is 5.23. The zero-order chi connectivity index (χ0) is 19.1. The van der Waals surface area contributed by atoms with E-state index in [1.807, 2.05) is 19.1 Å². The minimum Gasteiger partial charge on any atom is -0.495 e. The van der Waals surface area contributed by atoms with Gasteiger partial charge < -0.3 is 14.5 Å². The molecule has 27 heavy (non-hydrogen) atoms. The number of rotatable bonds is 3. The van der Waals surface area contributed by atoms with Crippen molar-refractivity contribution >= 4 is 28.8 Å². The standard InChI is InChI=1S/C21H22ClN3O2/c1-12-4-7-20-23-16-6-5-14(9-18(16)25(20)11-12)21(26)24-17-8-13(2)15(22)10-19(17)27-3/h4,7-8,10-11,14H,5-6,9H2,1-3H3,(H,24,26). The van der Waals surface area contributed by atoms with Gasteiger partial charge in [-0.05, 0) is 49.9 Å². The first-order valence-corrected chi connectivity index (χ1v) is 9.45. The molecule has 1 aliphatic carbocycles. The van der Waals surface area contributed by atoms with E-state index in [2.05, 4.69) is 28.9 Å². The molecule has 5 nitrogen and oxygen atoms in total. The van der Waals surface area contributed by atoms with Crippen LogP contribution in [0.15, 0.2) is 30.5 Å². The van der Waals surface area contributed by atoms with Crippen LogP contribution in [0.5, 0.6) is 5.75 Å². The number of aromatic nitrogens is 2. The minimum atomic E-state index is -0.0985. The number of fused-ring (bicyclic) bond motifs is 3. The second-order valence-corrected chi connectivity index (χ2v) is 7.58. The van der Waals surface area contributed by atoms with Gasteiger partial charge >= 0.3 is 0 Å². The molecule has 2 aromatic heterocycles. The van der Waals surface area contributed by atoms with Crippen LogP contribution in [0.4, 0.5) is 5.69 Å². The number of hydrogen-bond donors (Lipinski definition) is 1. The number of hydrogen-bond acceptors (Lipinski definition) is 3. The third kappa shape index (κ3) is 3.28. The number of pyridine rings is 1. The van der Waals surface area contributed by atoms with Crippen LogP contribution in [-0.4, -0.2) is 22.4 Å². The molecule has 1 amide bonds. The van der Waals surface area contributed by atoms with Gasteiger partial charge in [0.15, 0.2) is 0 Å². The molecule has 0 saturated carbocycles. The lowest BCUT2D eigenvalue weighted by molar-refractivity contribution is -0.120. The first-order valence-electron chi connectivity index (χ1n) is 9.07. The number of carbonyl (C=O) groups is 1. The van der Waals surface area contributed by atoms with Crippen LogP contribution in [0.1, 0.15) is 28.9 Å². The number of nitrogens with zero attached hydrogens (tertiary/aromatic N) is 2. The van der Waals surface area contributed by atoms with Gasteiger partial charge in [-0.1, -0.05) is 17.7 Å². The highest BCUT2D eigenvalue weighted by atomic mass is 35.5. The molecule has 3 aromatic rings. The molecule has 2 heterocycles. The quantitative estimate of drug-likeness (QED) is 0.731. The van der Waals surface area contributed by atoms with Crippen molar-refractivity contribution in [1.29, 1.82) is 0 Å². The van der Waals surface area contributed by atoms with E-state index in [4.69, 9.17) is 21.3 Å². The van der Waals surface area contributed by atoms with E-state index in [0.29, 0.717) is 22.9 Å². The molecule has 1 N–H and O–H groups in total. The van der Waals surface area contributed by atoms with Crippen LogP contribution in [0.25, 0.3) is 5.65 Å². The van der Waals surface area contributed by atoms with E-state index in [0.717, 1.165) is 35.4 Å². The average molecular weight is 384 g/mol. The summed E-state index contributed by atoms with van der Waals surface area (Å²) in [7, 11) is 1.57. The number of methoxy groups -OCH3 is 1. The number of benzene rings is 1. The van der Waals surface area contributed by atoms with Gasteiger partial charge in [0.25, 0.3) is 0 Å². The average Bonchev–Trinajstić information content (AvgIpc) is 3.01. The summed E-state index contributed by atoms with van der Waals surface area (Å²) in [4.78, 5) is 17.7. The fourth-order valence-electron chi connectivity index (χ4n) is 3.70. The highest BCUT2D eigenvalue weighted by Crippen LogP contribution is 2.33. The molecule has 0 saturated heterocycles. The van der Waals surface area contributed by atoms with E-state index in [9.17, 15) is 4.79 Å². The Kier molecular flexibility index (Phi) is 4.56. The first-order chi connectivity index (χ1) is 13.0. The number of imidazole rings is 1. The van der Waals surface area contributed by atoms with Gasteiger partial charge in [0.1, 0.15) is 11.4 Å². The highest BCUT2D eigenvalue weighted by molar-refractivity contribution is 6.31. The number of anilines is 1. The molecule has 140 valence electrons. The van der Waals surface area contributed by atoms with Gasteiger partial charge in [-0.2, -0.15) is 0 Å². The predicted molar refractivity (Wildman–Crippen MR) is 107 cm³/mol. The van der Waals surface area contributed by atoms with Crippen molar-refractivity contribution in [3.63, 3.8) is 0 Å². The van der Waals surface area contributed by atoms with Crippen molar-refractivity contribution in [2.24, 2.45) is 5.92 Å². The Labute approximate surface area is 163 Å². The maximum atomic E-state index is 12.9. The van der Waals surface area contributed by atoms with E-state index in [1.54, 1.807) is 13.2 Å². The van der Waals surface area contributed by atoms with Gasteiger partial charge in [-0.15, -0.1) is 0 Å². The minimum absolute atomic E-state index is 0.00303. The van der Waals surface area contributed by atoms with Crippen molar-refractivity contribution in [1.82, 2.24) is 9.38 Å². The number of carbonyl (C=O) groups excluding carboxylic acids is 1. The van der Waals surface area contributed by atoms with Crippen molar-refractivity contribution in [2.75, 3.05) is 12.4 Å². The maximum Gasteiger partial charge on any atom is 0.227 e. The molecule has 1 unspecified atom stereocenters. The lowest BCUT2D eigenvalue weighted by Gasteiger charge is -2.22. The summed E-state index contributed by atoms with van der Waals surface area (Å²) < 4.78 is 7.49. The molecular weight excluding hydrogens is 362 g/mol. The van der Waals surface area contributed by atoms with E-state index in [-0.39, 0.29) is 11.8 Å². The number of halogens is 1. The molecule has 1 atom stereocenters. The molecule has 4 rings (SSSR count). The normalized spacial score (nSPS) is 16.2. The zero-order valence-corrected chi connectivity index (χ0v) is 16.4. The summed E-state index contributed by atoms with van der Waals surface area (Å²) in [6.07, 6.45) is 4.37. The van der Waals surface area contributed by atoms with Crippen LogP contribution in [0.3, 0.4) is 0 Å². The summed E-state index contributed by atoms with van der Waals surface area (Å²) in [6, 6.07) is 7.68. The summed E-state index contributed by atoms with van der Waals surface area (Å²) >= 11 is 6.16. The van der Waals surface area contributed by atoms with Crippen molar-refractivity contribution in [2.45, 2.75) is 33.1 Å². The Morgan fingerprint density at radius 2 is 2.15 bits per heavy atom. The van der Waals surface area contributed by atoms with E-state index >= 15 is 0 Å². The molecule has 0 aliphatic heterocycles. The van der Waals surface area contributed by atoms with Crippen LogP contribution >= 0.6 is 11.6 Å². The van der Waals surface area contributed by atoms with Gasteiger partial charge in [-0.25, -0.2) is 4.98 Å². The lowest BCUT2D eigenvalue weighted by Crippen LogP contribution is -2.28. The number of nitrogens with one attached hydrogen (secondary N) is 1. The van der Waals surface area contributed by atoms with Gasteiger partial charge in [0, 0.05) is 35.3 Å².